The predicted molar refractivity (Wildman–Crippen MR) is 81.0 cm³/mol. The van der Waals surface area contributed by atoms with E-state index in [1.165, 1.54) is 6.20 Å². The summed E-state index contributed by atoms with van der Waals surface area (Å²) in [5, 5.41) is 7.35. The number of halogens is 2. The number of amides is 1. The van der Waals surface area contributed by atoms with Gasteiger partial charge in [0.25, 0.3) is 5.56 Å². The van der Waals surface area contributed by atoms with E-state index >= 15 is 0 Å². The van der Waals surface area contributed by atoms with Crippen molar-refractivity contribution in [2.45, 2.75) is 6.54 Å². The minimum absolute atomic E-state index is 0.0265. The molecule has 3 aromatic rings. The highest BCUT2D eigenvalue weighted by atomic mass is 19.1. The lowest BCUT2D eigenvalue weighted by molar-refractivity contribution is -0.117. The Morgan fingerprint density at radius 1 is 1.13 bits per heavy atom. The topological polar surface area (TPSA) is 64.0 Å². The normalized spacial score (nSPS) is 10.7. The van der Waals surface area contributed by atoms with E-state index in [0.29, 0.717) is 16.8 Å². The zero-order chi connectivity index (χ0) is 16.4. The molecule has 0 unspecified atom stereocenters. The second-order valence-electron chi connectivity index (χ2n) is 4.90. The van der Waals surface area contributed by atoms with Crippen LogP contribution in [0.2, 0.25) is 0 Å². The van der Waals surface area contributed by atoms with Crippen LogP contribution in [0.4, 0.5) is 14.5 Å². The molecule has 0 fully saturated rings. The fraction of sp³-hybridized carbons (Fsp3) is 0.0625. The summed E-state index contributed by atoms with van der Waals surface area (Å²) in [4.78, 5) is 24.2. The maximum absolute atomic E-state index is 13.1. The third-order valence-corrected chi connectivity index (χ3v) is 3.20. The summed E-state index contributed by atoms with van der Waals surface area (Å²) in [5.41, 5.74) is -0.440. The zero-order valence-electron chi connectivity index (χ0n) is 11.8. The largest absolute Gasteiger partial charge is 0.324 e. The fourth-order valence-corrected chi connectivity index (χ4v) is 2.20. The molecule has 1 amide bonds. The number of carbonyl (C=O) groups excluding carboxylic acids is 1. The van der Waals surface area contributed by atoms with Crippen molar-refractivity contribution in [2.24, 2.45) is 0 Å². The van der Waals surface area contributed by atoms with E-state index < -0.39 is 23.1 Å². The molecule has 0 spiro atoms. The molecule has 1 N–H and O–H groups in total. The summed E-state index contributed by atoms with van der Waals surface area (Å²) in [6.45, 7) is -0.359. The Bertz CT molecular complexity index is 933. The number of hydrogen-bond acceptors (Lipinski definition) is 3. The minimum Gasteiger partial charge on any atom is -0.324 e. The molecular weight excluding hydrogens is 304 g/mol. The minimum atomic E-state index is -0.804. The van der Waals surface area contributed by atoms with Crippen molar-refractivity contribution >= 4 is 22.4 Å². The second kappa shape index (κ2) is 5.96. The van der Waals surface area contributed by atoms with Gasteiger partial charge in [-0.2, -0.15) is 5.10 Å². The third kappa shape index (κ3) is 3.23. The van der Waals surface area contributed by atoms with Gasteiger partial charge in [-0.3, -0.25) is 9.59 Å². The van der Waals surface area contributed by atoms with Crippen molar-refractivity contribution < 1.29 is 13.6 Å². The molecule has 2 aromatic carbocycles. The van der Waals surface area contributed by atoms with Gasteiger partial charge in [-0.15, -0.1) is 0 Å². The van der Waals surface area contributed by atoms with Gasteiger partial charge >= 0.3 is 0 Å². The quantitative estimate of drug-likeness (QED) is 0.807. The number of carbonyl (C=O) groups is 1. The van der Waals surface area contributed by atoms with Crippen LogP contribution in [0.1, 0.15) is 0 Å². The Morgan fingerprint density at radius 3 is 2.57 bits per heavy atom. The van der Waals surface area contributed by atoms with E-state index in [1.807, 2.05) is 0 Å². The maximum atomic E-state index is 13.1. The first-order valence-corrected chi connectivity index (χ1v) is 6.74. The first-order valence-electron chi connectivity index (χ1n) is 6.74. The molecule has 7 heteroatoms. The lowest BCUT2D eigenvalue weighted by Crippen LogP contribution is -2.29. The van der Waals surface area contributed by atoms with E-state index in [-0.39, 0.29) is 12.2 Å². The molecule has 3 rings (SSSR count). The molecule has 23 heavy (non-hydrogen) atoms. The SMILES string of the molecule is O=C(Cn1ncc2ccccc2c1=O)Nc1cc(F)cc(F)c1. The smallest absolute Gasteiger partial charge is 0.275 e. The average molecular weight is 315 g/mol. The molecule has 0 aliphatic heterocycles. The van der Waals surface area contributed by atoms with Gasteiger partial charge in [-0.05, 0) is 18.2 Å². The van der Waals surface area contributed by atoms with Crippen molar-refractivity contribution in [3.05, 3.63) is 70.6 Å². The van der Waals surface area contributed by atoms with Gasteiger partial charge in [-0.1, -0.05) is 18.2 Å². The van der Waals surface area contributed by atoms with Crippen LogP contribution in [0, 0.1) is 11.6 Å². The number of rotatable bonds is 3. The van der Waals surface area contributed by atoms with Crippen molar-refractivity contribution in [3.8, 4) is 0 Å². The van der Waals surface area contributed by atoms with Crippen LogP contribution in [-0.4, -0.2) is 15.7 Å². The highest BCUT2D eigenvalue weighted by Crippen LogP contribution is 2.13. The molecule has 1 aromatic heterocycles. The molecule has 0 aliphatic carbocycles. The van der Waals surface area contributed by atoms with Gasteiger partial charge in [0.1, 0.15) is 18.2 Å². The van der Waals surface area contributed by atoms with Gasteiger partial charge in [0.15, 0.2) is 0 Å². The standard InChI is InChI=1S/C16H11F2N3O2/c17-11-5-12(18)7-13(6-11)20-15(22)9-21-16(23)14-4-2-1-3-10(14)8-19-21/h1-8H,9H2,(H,20,22). The molecule has 116 valence electrons. The Labute approximate surface area is 129 Å². The third-order valence-electron chi connectivity index (χ3n) is 3.20. The van der Waals surface area contributed by atoms with Gasteiger partial charge in [0, 0.05) is 17.1 Å². The lowest BCUT2D eigenvalue weighted by Gasteiger charge is -2.08. The van der Waals surface area contributed by atoms with E-state index in [0.717, 1.165) is 16.8 Å². The van der Waals surface area contributed by atoms with Gasteiger partial charge < -0.3 is 5.32 Å². The van der Waals surface area contributed by atoms with E-state index in [1.54, 1.807) is 24.3 Å². The predicted octanol–water partition coefficient (Wildman–Crippen LogP) is 2.31. The van der Waals surface area contributed by atoms with Crippen LogP contribution in [0.3, 0.4) is 0 Å². The molecular formula is C16H11F2N3O2. The highest BCUT2D eigenvalue weighted by molar-refractivity contribution is 5.90. The van der Waals surface area contributed by atoms with Crippen LogP contribution >= 0.6 is 0 Å². The van der Waals surface area contributed by atoms with Gasteiger partial charge in [0.2, 0.25) is 5.91 Å². The average Bonchev–Trinajstić information content (AvgIpc) is 2.49. The molecule has 0 aliphatic rings. The van der Waals surface area contributed by atoms with Crippen LogP contribution in [0.5, 0.6) is 0 Å². The molecule has 0 bridgehead atoms. The molecule has 1 heterocycles. The van der Waals surface area contributed by atoms with E-state index in [9.17, 15) is 18.4 Å². The number of fused-ring (bicyclic) bond motifs is 1. The first-order chi connectivity index (χ1) is 11.0. The number of benzene rings is 2. The number of nitrogens with zero attached hydrogens (tertiary/aromatic N) is 2. The number of anilines is 1. The monoisotopic (exact) mass is 315 g/mol. The van der Waals surface area contributed by atoms with Crippen LogP contribution < -0.4 is 10.9 Å². The van der Waals surface area contributed by atoms with Gasteiger partial charge in [-0.25, -0.2) is 13.5 Å². The molecule has 5 nitrogen and oxygen atoms in total. The number of nitrogens with one attached hydrogen (secondary N) is 1. The van der Waals surface area contributed by atoms with Crippen LogP contribution in [-0.2, 0) is 11.3 Å². The fourth-order valence-electron chi connectivity index (χ4n) is 2.20. The summed E-state index contributed by atoms with van der Waals surface area (Å²) in [6.07, 6.45) is 1.48. The molecule has 0 saturated carbocycles. The summed E-state index contributed by atoms with van der Waals surface area (Å²) < 4.78 is 27.2. The summed E-state index contributed by atoms with van der Waals surface area (Å²) in [6, 6.07) is 9.53. The lowest BCUT2D eigenvalue weighted by atomic mass is 10.2. The van der Waals surface area contributed by atoms with E-state index in [4.69, 9.17) is 0 Å². The Kier molecular flexibility index (Phi) is 3.84. The Hall–Kier alpha value is -3.09. The van der Waals surface area contributed by atoms with Crippen molar-refractivity contribution in [1.29, 1.82) is 0 Å². The van der Waals surface area contributed by atoms with E-state index in [2.05, 4.69) is 10.4 Å². The summed E-state index contributed by atoms with van der Waals surface area (Å²) >= 11 is 0. The van der Waals surface area contributed by atoms with Crippen molar-refractivity contribution in [3.63, 3.8) is 0 Å². The Balaban J connectivity index is 1.83. The second-order valence-corrected chi connectivity index (χ2v) is 4.90. The van der Waals surface area contributed by atoms with Crippen molar-refractivity contribution in [2.75, 3.05) is 5.32 Å². The van der Waals surface area contributed by atoms with Crippen molar-refractivity contribution in [1.82, 2.24) is 9.78 Å². The molecule has 0 radical (unpaired) electrons. The zero-order valence-corrected chi connectivity index (χ0v) is 11.8. The van der Waals surface area contributed by atoms with Gasteiger partial charge in [0.05, 0.1) is 11.6 Å². The number of hydrogen-bond donors (Lipinski definition) is 1. The highest BCUT2D eigenvalue weighted by Gasteiger charge is 2.10. The molecule has 0 saturated heterocycles. The summed E-state index contributed by atoms with van der Waals surface area (Å²) in [5.74, 6) is -2.22. The molecule has 0 atom stereocenters. The van der Waals surface area contributed by atoms with Crippen LogP contribution in [0.25, 0.3) is 10.8 Å². The number of aromatic nitrogens is 2. The summed E-state index contributed by atoms with van der Waals surface area (Å²) in [7, 11) is 0. The van der Waals surface area contributed by atoms with Crippen LogP contribution in [0.15, 0.2) is 53.5 Å². The maximum Gasteiger partial charge on any atom is 0.275 e. The first kappa shape index (κ1) is 14.8. The Morgan fingerprint density at radius 2 is 1.83 bits per heavy atom.